The number of carbonyl (C=O) groups is 2. The van der Waals surface area contributed by atoms with E-state index in [0.717, 1.165) is 27.3 Å². The lowest BCUT2D eigenvalue weighted by molar-refractivity contribution is -0.128. The minimum atomic E-state index is -0.299. The molecule has 1 unspecified atom stereocenters. The Morgan fingerprint density at radius 2 is 2.07 bits per heavy atom. The average Bonchev–Trinajstić information content (AvgIpc) is 3.22. The van der Waals surface area contributed by atoms with Crippen molar-refractivity contribution in [2.75, 3.05) is 18.4 Å². The van der Waals surface area contributed by atoms with Crippen LogP contribution in [0.25, 0.3) is 10.2 Å². The zero-order valence-electron chi connectivity index (χ0n) is 15.1. The second-order valence-corrected chi connectivity index (χ2v) is 8.12. The molecule has 1 N–H and O–H groups in total. The lowest BCUT2D eigenvalue weighted by Crippen LogP contribution is -2.30. The van der Waals surface area contributed by atoms with Gasteiger partial charge in [-0.3, -0.25) is 9.59 Å². The van der Waals surface area contributed by atoms with E-state index in [-0.39, 0.29) is 24.2 Å². The third-order valence-electron chi connectivity index (χ3n) is 4.86. The van der Waals surface area contributed by atoms with Crippen molar-refractivity contribution in [3.05, 3.63) is 59.1 Å². The molecule has 1 fully saturated rings. The molecule has 1 aliphatic heterocycles. The van der Waals surface area contributed by atoms with Gasteiger partial charge in [0.05, 0.1) is 21.1 Å². The van der Waals surface area contributed by atoms with Gasteiger partial charge in [-0.15, -0.1) is 11.3 Å². The number of aryl methyl sites for hydroxylation is 1. The second-order valence-electron chi connectivity index (χ2n) is 6.88. The molecule has 0 radical (unpaired) electrons. The molecule has 1 aromatic heterocycles. The van der Waals surface area contributed by atoms with Crippen molar-refractivity contribution in [1.29, 1.82) is 0 Å². The van der Waals surface area contributed by atoms with E-state index in [2.05, 4.69) is 22.4 Å². The molecule has 27 heavy (non-hydrogen) atoms. The van der Waals surface area contributed by atoms with Gasteiger partial charge in [-0.05, 0) is 37.1 Å². The van der Waals surface area contributed by atoms with Crippen LogP contribution >= 0.6 is 11.3 Å². The summed E-state index contributed by atoms with van der Waals surface area (Å²) in [6, 6.07) is 15.8. The second kappa shape index (κ2) is 7.48. The number of amides is 2. The number of likely N-dealkylation sites (tertiary alicyclic amines) is 1. The molecule has 5 nitrogen and oxygen atoms in total. The molecule has 0 spiro atoms. The first-order valence-corrected chi connectivity index (χ1v) is 9.90. The fourth-order valence-corrected chi connectivity index (χ4v) is 4.30. The third-order valence-corrected chi connectivity index (χ3v) is 5.80. The Kier molecular flexibility index (Phi) is 4.90. The molecule has 0 bridgehead atoms. The number of fused-ring (bicyclic) bond motifs is 1. The van der Waals surface area contributed by atoms with Crippen LogP contribution in [0.4, 0.5) is 5.69 Å². The number of anilines is 1. The quantitative estimate of drug-likeness (QED) is 0.736. The van der Waals surface area contributed by atoms with E-state index in [1.807, 2.05) is 43.3 Å². The zero-order chi connectivity index (χ0) is 18.8. The van der Waals surface area contributed by atoms with Crippen molar-refractivity contribution in [3.63, 3.8) is 0 Å². The van der Waals surface area contributed by atoms with Gasteiger partial charge in [0.15, 0.2) is 0 Å². The van der Waals surface area contributed by atoms with E-state index in [9.17, 15) is 9.59 Å². The van der Waals surface area contributed by atoms with E-state index in [4.69, 9.17) is 0 Å². The SMILES string of the molecule is Cc1nc2ccc(NC(=O)C3CC(=O)N(CCc4ccccc4)C3)cc2s1. The highest BCUT2D eigenvalue weighted by molar-refractivity contribution is 7.18. The molecule has 4 rings (SSSR count). The summed E-state index contributed by atoms with van der Waals surface area (Å²) in [5.41, 5.74) is 2.90. The van der Waals surface area contributed by atoms with Gasteiger partial charge in [0.1, 0.15) is 0 Å². The highest BCUT2D eigenvalue weighted by Gasteiger charge is 2.34. The summed E-state index contributed by atoms with van der Waals surface area (Å²) in [6.07, 6.45) is 1.09. The van der Waals surface area contributed by atoms with E-state index in [0.29, 0.717) is 13.1 Å². The average molecular weight is 379 g/mol. The number of carbonyl (C=O) groups excluding carboxylic acids is 2. The number of nitrogens with zero attached hydrogens (tertiary/aromatic N) is 2. The molecule has 0 saturated carbocycles. The first-order chi connectivity index (χ1) is 13.1. The highest BCUT2D eigenvalue weighted by Crippen LogP contribution is 2.26. The Hall–Kier alpha value is -2.73. The summed E-state index contributed by atoms with van der Waals surface area (Å²) >= 11 is 1.61. The van der Waals surface area contributed by atoms with Gasteiger partial charge in [0, 0.05) is 25.2 Å². The largest absolute Gasteiger partial charge is 0.342 e. The number of thiazole rings is 1. The molecule has 2 aromatic carbocycles. The van der Waals surface area contributed by atoms with Crippen LogP contribution in [-0.2, 0) is 16.0 Å². The van der Waals surface area contributed by atoms with Gasteiger partial charge in [-0.1, -0.05) is 30.3 Å². The molecule has 1 atom stereocenters. The molecule has 1 saturated heterocycles. The van der Waals surface area contributed by atoms with Crippen LogP contribution in [0.1, 0.15) is 17.0 Å². The summed E-state index contributed by atoms with van der Waals surface area (Å²) in [6.45, 7) is 3.11. The zero-order valence-corrected chi connectivity index (χ0v) is 16.0. The van der Waals surface area contributed by atoms with Crippen molar-refractivity contribution < 1.29 is 9.59 Å². The summed E-state index contributed by atoms with van der Waals surface area (Å²) < 4.78 is 1.05. The van der Waals surface area contributed by atoms with Crippen LogP contribution < -0.4 is 5.32 Å². The third kappa shape index (κ3) is 4.01. The summed E-state index contributed by atoms with van der Waals surface area (Å²) in [5.74, 6) is -0.335. The molecule has 1 aliphatic rings. The maximum Gasteiger partial charge on any atom is 0.229 e. The van der Waals surface area contributed by atoms with Crippen LogP contribution in [-0.4, -0.2) is 34.8 Å². The van der Waals surface area contributed by atoms with Crippen molar-refractivity contribution in [2.45, 2.75) is 19.8 Å². The maximum absolute atomic E-state index is 12.6. The summed E-state index contributed by atoms with van der Waals surface area (Å²) in [4.78, 5) is 31.1. The first kappa shape index (κ1) is 17.7. The van der Waals surface area contributed by atoms with Gasteiger partial charge >= 0.3 is 0 Å². The van der Waals surface area contributed by atoms with Crippen LogP contribution in [0, 0.1) is 12.8 Å². The van der Waals surface area contributed by atoms with Crippen molar-refractivity contribution in [3.8, 4) is 0 Å². The van der Waals surface area contributed by atoms with Crippen LogP contribution in [0.5, 0.6) is 0 Å². The molecule has 2 amide bonds. The van der Waals surface area contributed by atoms with E-state index < -0.39 is 0 Å². The normalized spacial score (nSPS) is 16.9. The van der Waals surface area contributed by atoms with Crippen molar-refractivity contribution in [1.82, 2.24) is 9.88 Å². The van der Waals surface area contributed by atoms with Gasteiger partial charge in [-0.25, -0.2) is 4.98 Å². The monoisotopic (exact) mass is 379 g/mol. The van der Waals surface area contributed by atoms with Crippen molar-refractivity contribution in [2.24, 2.45) is 5.92 Å². The lowest BCUT2D eigenvalue weighted by Gasteiger charge is -2.16. The number of hydrogen-bond donors (Lipinski definition) is 1. The molecule has 2 heterocycles. The Morgan fingerprint density at radius 1 is 1.26 bits per heavy atom. The Balaban J connectivity index is 1.36. The fraction of sp³-hybridized carbons (Fsp3) is 0.286. The Labute approximate surface area is 162 Å². The van der Waals surface area contributed by atoms with Gasteiger partial charge in [0.2, 0.25) is 11.8 Å². The van der Waals surface area contributed by atoms with Gasteiger partial charge in [0.25, 0.3) is 0 Å². The standard InChI is InChI=1S/C21H21N3O2S/c1-14-22-18-8-7-17(12-19(18)27-14)23-21(26)16-11-20(25)24(13-16)10-9-15-5-3-2-4-6-15/h2-8,12,16H,9-11,13H2,1H3,(H,23,26). The minimum Gasteiger partial charge on any atom is -0.342 e. The fourth-order valence-electron chi connectivity index (χ4n) is 3.43. The maximum atomic E-state index is 12.6. The summed E-state index contributed by atoms with van der Waals surface area (Å²) in [7, 11) is 0. The topological polar surface area (TPSA) is 62.3 Å². The number of nitrogens with one attached hydrogen (secondary N) is 1. The number of aromatic nitrogens is 1. The predicted octanol–water partition coefficient (Wildman–Crippen LogP) is 3.63. The number of rotatable bonds is 5. The van der Waals surface area contributed by atoms with Crippen LogP contribution in [0.3, 0.4) is 0 Å². The highest BCUT2D eigenvalue weighted by atomic mass is 32.1. The van der Waals surface area contributed by atoms with Gasteiger partial charge < -0.3 is 10.2 Å². The first-order valence-electron chi connectivity index (χ1n) is 9.08. The minimum absolute atomic E-state index is 0.0552. The van der Waals surface area contributed by atoms with Crippen LogP contribution in [0.15, 0.2) is 48.5 Å². The van der Waals surface area contributed by atoms with E-state index in [1.54, 1.807) is 16.2 Å². The predicted molar refractivity (Wildman–Crippen MR) is 108 cm³/mol. The molecular formula is C21H21N3O2S. The smallest absolute Gasteiger partial charge is 0.229 e. The lowest BCUT2D eigenvalue weighted by atomic mass is 10.1. The molecule has 6 heteroatoms. The molecule has 3 aromatic rings. The molecule has 0 aliphatic carbocycles. The summed E-state index contributed by atoms with van der Waals surface area (Å²) in [5, 5.41) is 3.96. The number of hydrogen-bond acceptors (Lipinski definition) is 4. The van der Waals surface area contributed by atoms with Crippen LogP contribution in [0.2, 0.25) is 0 Å². The molecular weight excluding hydrogens is 358 g/mol. The van der Waals surface area contributed by atoms with E-state index in [1.165, 1.54) is 5.56 Å². The Morgan fingerprint density at radius 3 is 2.89 bits per heavy atom. The Bertz CT molecular complexity index is 984. The van der Waals surface area contributed by atoms with Crippen molar-refractivity contribution >= 4 is 39.1 Å². The van der Waals surface area contributed by atoms with Gasteiger partial charge in [-0.2, -0.15) is 0 Å². The van der Waals surface area contributed by atoms with E-state index >= 15 is 0 Å². The number of benzene rings is 2. The molecule has 138 valence electrons.